The first-order chi connectivity index (χ1) is 10.6. The molecule has 0 saturated carbocycles. The van der Waals surface area contributed by atoms with Crippen LogP contribution < -0.4 is 5.32 Å². The number of hydrogen-bond donors (Lipinski definition) is 1. The van der Waals surface area contributed by atoms with E-state index in [0.717, 1.165) is 11.1 Å². The van der Waals surface area contributed by atoms with E-state index in [9.17, 15) is 4.79 Å². The summed E-state index contributed by atoms with van der Waals surface area (Å²) in [5.74, 6) is -0.0169. The summed E-state index contributed by atoms with van der Waals surface area (Å²) in [6, 6.07) is 16.7. The second kappa shape index (κ2) is 7.63. The van der Waals surface area contributed by atoms with Crippen molar-refractivity contribution in [3.63, 3.8) is 0 Å². The number of nitrogens with one attached hydrogen (secondary N) is 1. The lowest BCUT2D eigenvalue weighted by molar-refractivity contribution is -0.121. The van der Waals surface area contributed by atoms with Crippen LogP contribution in [0.25, 0.3) is 0 Å². The zero-order valence-corrected chi connectivity index (χ0v) is 13.1. The first-order valence-corrected chi connectivity index (χ1v) is 7.51. The molecule has 0 heterocycles. The Morgan fingerprint density at radius 2 is 1.91 bits per heavy atom. The summed E-state index contributed by atoms with van der Waals surface area (Å²) in [7, 11) is 0. The average molecular weight is 313 g/mol. The molecule has 0 aliphatic carbocycles. The molecule has 4 heteroatoms. The normalized spacial score (nSPS) is 11.5. The van der Waals surface area contributed by atoms with Crippen LogP contribution in [0.5, 0.6) is 0 Å². The monoisotopic (exact) mass is 312 g/mol. The van der Waals surface area contributed by atoms with Gasteiger partial charge in [0.25, 0.3) is 0 Å². The molecule has 0 bridgehead atoms. The molecule has 3 nitrogen and oxygen atoms in total. The van der Waals surface area contributed by atoms with Crippen molar-refractivity contribution in [2.75, 3.05) is 0 Å². The van der Waals surface area contributed by atoms with Gasteiger partial charge < -0.3 is 5.32 Å². The van der Waals surface area contributed by atoms with Gasteiger partial charge >= 0.3 is 0 Å². The van der Waals surface area contributed by atoms with E-state index in [2.05, 4.69) is 11.4 Å². The zero-order chi connectivity index (χ0) is 15.9. The molecule has 2 rings (SSSR count). The number of carbonyl (C=O) groups is 1. The van der Waals surface area contributed by atoms with Crippen LogP contribution in [-0.2, 0) is 11.2 Å². The first-order valence-electron chi connectivity index (χ1n) is 7.13. The summed E-state index contributed by atoms with van der Waals surface area (Å²) in [6.07, 6.45) is 1.05. The molecule has 0 saturated heterocycles. The van der Waals surface area contributed by atoms with Crippen LogP contribution in [0.15, 0.2) is 48.5 Å². The van der Waals surface area contributed by atoms with Crippen LogP contribution in [0.1, 0.15) is 36.1 Å². The summed E-state index contributed by atoms with van der Waals surface area (Å²) < 4.78 is 0. The fourth-order valence-electron chi connectivity index (χ4n) is 2.22. The number of halogens is 1. The average Bonchev–Trinajstić information content (AvgIpc) is 2.53. The van der Waals surface area contributed by atoms with E-state index >= 15 is 0 Å². The van der Waals surface area contributed by atoms with Crippen molar-refractivity contribution >= 4 is 17.5 Å². The Hall–Kier alpha value is -2.31. The number of aryl methyl sites for hydroxylation is 1. The van der Waals surface area contributed by atoms with Gasteiger partial charge in [0.15, 0.2) is 0 Å². The fraction of sp³-hybridized carbons (Fsp3) is 0.222. The highest BCUT2D eigenvalue weighted by atomic mass is 35.5. The van der Waals surface area contributed by atoms with Crippen LogP contribution in [0.3, 0.4) is 0 Å². The second-order valence-electron chi connectivity index (χ2n) is 5.12. The topological polar surface area (TPSA) is 52.9 Å². The third-order valence-corrected chi connectivity index (χ3v) is 3.82. The molecule has 0 aliphatic rings. The van der Waals surface area contributed by atoms with Gasteiger partial charge in [-0.15, -0.1) is 0 Å². The predicted octanol–water partition coefficient (Wildman–Crippen LogP) is 4.02. The highest BCUT2D eigenvalue weighted by molar-refractivity contribution is 6.31. The highest BCUT2D eigenvalue weighted by Gasteiger charge is 2.12. The van der Waals surface area contributed by atoms with Gasteiger partial charge in [0.05, 0.1) is 17.7 Å². The van der Waals surface area contributed by atoms with Crippen LogP contribution in [-0.4, -0.2) is 5.91 Å². The Kier molecular flexibility index (Phi) is 5.57. The van der Waals surface area contributed by atoms with Crippen LogP contribution in [0, 0.1) is 11.3 Å². The van der Waals surface area contributed by atoms with E-state index < -0.39 is 0 Å². The van der Waals surface area contributed by atoms with Crippen molar-refractivity contribution < 1.29 is 4.79 Å². The minimum Gasteiger partial charge on any atom is -0.350 e. The van der Waals surface area contributed by atoms with Gasteiger partial charge in [-0.05, 0) is 42.7 Å². The highest BCUT2D eigenvalue weighted by Crippen LogP contribution is 2.22. The Morgan fingerprint density at radius 1 is 1.23 bits per heavy atom. The SMILES string of the molecule is CC(NC(=O)CCc1ccc(C#N)cc1)c1ccccc1Cl. The summed E-state index contributed by atoms with van der Waals surface area (Å²) in [4.78, 5) is 12.0. The summed E-state index contributed by atoms with van der Waals surface area (Å²) in [5.41, 5.74) is 2.58. The fourth-order valence-corrected chi connectivity index (χ4v) is 2.52. The minimum absolute atomic E-state index is 0.0169. The zero-order valence-electron chi connectivity index (χ0n) is 12.3. The molecule has 0 spiro atoms. The Labute approximate surface area is 135 Å². The van der Waals surface area contributed by atoms with E-state index in [0.29, 0.717) is 23.4 Å². The van der Waals surface area contributed by atoms with Gasteiger partial charge in [0.1, 0.15) is 0 Å². The minimum atomic E-state index is -0.123. The third kappa shape index (κ3) is 4.34. The van der Waals surface area contributed by atoms with Crippen molar-refractivity contribution in [2.45, 2.75) is 25.8 Å². The smallest absolute Gasteiger partial charge is 0.220 e. The van der Waals surface area contributed by atoms with Crippen molar-refractivity contribution in [1.29, 1.82) is 5.26 Å². The van der Waals surface area contributed by atoms with Crippen LogP contribution in [0.4, 0.5) is 0 Å². The molecule has 0 radical (unpaired) electrons. The summed E-state index contributed by atoms with van der Waals surface area (Å²) >= 11 is 6.13. The van der Waals surface area contributed by atoms with E-state index in [1.165, 1.54) is 0 Å². The van der Waals surface area contributed by atoms with Crippen LogP contribution >= 0.6 is 11.6 Å². The molecule has 1 N–H and O–H groups in total. The molecule has 0 aromatic heterocycles. The Bertz CT molecular complexity index is 689. The van der Waals surface area contributed by atoms with Crippen molar-refractivity contribution in [3.05, 3.63) is 70.2 Å². The number of rotatable bonds is 5. The molecule has 2 aromatic carbocycles. The number of amides is 1. The van der Waals surface area contributed by atoms with Crippen molar-refractivity contribution in [3.8, 4) is 6.07 Å². The van der Waals surface area contributed by atoms with Gasteiger partial charge in [-0.3, -0.25) is 4.79 Å². The number of hydrogen-bond acceptors (Lipinski definition) is 2. The van der Waals surface area contributed by atoms with Gasteiger partial charge in [-0.2, -0.15) is 5.26 Å². The summed E-state index contributed by atoms with van der Waals surface area (Å²) in [5, 5.41) is 12.4. The van der Waals surface area contributed by atoms with Crippen LogP contribution in [0.2, 0.25) is 5.02 Å². The molecule has 112 valence electrons. The number of benzene rings is 2. The molecule has 1 unspecified atom stereocenters. The molecule has 1 atom stereocenters. The molecular weight excluding hydrogens is 296 g/mol. The predicted molar refractivity (Wildman–Crippen MR) is 87.5 cm³/mol. The van der Waals surface area contributed by atoms with E-state index in [1.807, 2.05) is 43.3 Å². The van der Waals surface area contributed by atoms with Gasteiger partial charge in [-0.25, -0.2) is 0 Å². The first kappa shape index (κ1) is 16.1. The molecule has 0 fully saturated rings. The van der Waals surface area contributed by atoms with Gasteiger partial charge in [0, 0.05) is 11.4 Å². The lowest BCUT2D eigenvalue weighted by atomic mass is 10.1. The second-order valence-corrected chi connectivity index (χ2v) is 5.53. The molecule has 2 aromatic rings. The number of carbonyl (C=O) groups excluding carboxylic acids is 1. The quantitative estimate of drug-likeness (QED) is 0.906. The maximum Gasteiger partial charge on any atom is 0.220 e. The summed E-state index contributed by atoms with van der Waals surface area (Å²) in [6.45, 7) is 1.92. The lowest BCUT2D eigenvalue weighted by Gasteiger charge is -2.15. The van der Waals surface area contributed by atoms with E-state index in [1.54, 1.807) is 12.1 Å². The third-order valence-electron chi connectivity index (χ3n) is 3.47. The molecule has 1 amide bonds. The molecule has 22 heavy (non-hydrogen) atoms. The Balaban J connectivity index is 1.87. The van der Waals surface area contributed by atoms with Crippen molar-refractivity contribution in [2.24, 2.45) is 0 Å². The van der Waals surface area contributed by atoms with E-state index in [-0.39, 0.29) is 11.9 Å². The molecular formula is C18H17ClN2O. The molecule has 0 aliphatic heterocycles. The standard InChI is InChI=1S/C18H17ClN2O/c1-13(16-4-2-3-5-17(16)19)21-18(22)11-10-14-6-8-15(12-20)9-7-14/h2-9,13H,10-11H2,1H3,(H,21,22). The maximum atomic E-state index is 12.0. The van der Waals surface area contributed by atoms with Crippen molar-refractivity contribution in [1.82, 2.24) is 5.32 Å². The number of nitrogens with zero attached hydrogens (tertiary/aromatic N) is 1. The Morgan fingerprint density at radius 3 is 2.55 bits per heavy atom. The van der Waals surface area contributed by atoms with Gasteiger partial charge in [0.2, 0.25) is 5.91 Å². The van der Waals surface area contributed by atoms with E-state index in [4.69, 9.17) is 16.9 Å². The maximum absolute atomic E-state index is 12.0. The lowest BCUT2D eigenvalue weighted by Crippen LogP contribution is -2.27. The number of nitriles is 1. The largest absolute Gasteiger partial charge is 0.350 e. The van der Waals surface area contributed by atoms with Gasteiger partial charge in [-0.1, -0.05) is 41.9 Å².